The molecule has 6 nitrogen and oxygen atoms in total. The van der Waals surface area contributed by atoms with Crippen molar-refractivity contribution in [1.29, 1.82) is 0 Å². The molecule has 0 saturated carbocycles. The number of aryl methyl sites for hydroxylation is 3. The Balaban J connectivity index is 1.76. The van der Waals surface area contributed by atoms with Crippen molar-refractivity contribution >= 4 is 17.3 Å². The highest BCUT2D eigenvalue weighted by atomic mass is 16.4. The molecule has 1 unspecified atom stereocenters. The number of rotatable bonds is 6. The summed E-state index contributed by atoms with van der Waals surface area (Å²) in [5.41, 5.74) is 7.00. The third kappa shape index (κ3) is 4.14. The Morgan fingerprint density at radius 1 is 1.03 bits per heavy atom. The number of hydrogen-bond acceptors (Lipinski definition) is 3. The molecule has 0 aliphatic rings. The molecule has 2 aromatic heterocycles. The number of aromatic nitrogens is 3. The number of nitrogens with one attached hydrogen (secondary N) is 1. The highest BCUT2D eigenvalue weighted by Gasteiger charge is 2.18. The zero-order chi connectivity index (χ0) is 22.0. The van der Waals surface area contributed by atoms with Crippen LogP contribution in [0.3, 0.4) is 0 Å². The van der Waals surface area contributed by atoms with E-state index in [4.69, 9.17) is 15.1 Å². The Kier molecular flexibility index (Phi) is 5.71. The normalized spacial score (nSPS) is 12.1. The molecule has 158 valence electrons. The smallest absolute Gasteiger partial charge is 0.404 e. The van der Waals surface area contributed by atoms with Gasteiger partial charge in [-0.25, -0.2) is 14.8 Å². The number of pyridine rings is 1. The highest BCUT2D eigenvalue weighted by molar-refractivity contribution is 5.78. The van der Waals surface area contributed by atoms with E-state index in [1.54, 1.807) is 0 Å². The molecule has 0 aliphatic carbocycles. The largest absolute Gasteiger partial charge is 0.465 e. The number of nitrogens with zero attached hydrogens (tertiary/aromatic N) is 3. The standard InChI is InChI=1S/C25H26N4O2/c1-4-22-28-23-16(2)14-17(3)27-24(23)29(22)20-12-10-19(11-13-20)21(15-26-25(30)31)18-8-6-5-7-9-18/h5-14,21,26H,4,15H2,1-3H3,(H,30,31). The second kappa shape index (κ2) is 8.60. The predicted molar refractivity (Wildman–Crippen MR) is 122 cm³/mol. The van der Waals surface area contributed by atoms with Gasteiger partial charge in [-0.2, -0.15) is 0 Å². The summed E-state index contributed by atoms with van der Waals surface area (Å²) < 4.78 is 2.12. The number of benzene rings is 2. The minimum absolute atomic E-state index is 0.0702. The van der Waals surface area contributed by atoms with Crippen molar-refractivity contribution in [3.63, 3.8) is 0 Å². The molecule has 4 aromatic rings. The fourth-order valence-electron chi connectivity index (χ4n) is 4.07. The van der Waals surface area contributed by atoms with Crippen LogP contribution in [0.15, 0.2) is 60.7 Å². The minimum atomic E-state index is -1.02. The summed E-state index contributed by atoms with van der Waals surface area (Å²) in [5.74, 6) is 0.898. The van der Waals surface area contributed by atoms with Crippen molar-refractivity contribution in [3.05, 3.63) is 88.9 Å². The number of carbonyl (C=O) groups is 1. The zero-order valence-electron chi connectivity index (χ0n) is 18.0. The van der Waals surface area contributed by atoms with Gasteiger partial charge in [0.15, 0.2) is 5.65 Å². The zero-order valence-corrected chi connectivity index (χ0v) is 18.0. The van der Waals surface area contributed by atoms with Crippen LogP contribution in [0.2, 0.25) is 0 Å². The molecule has 2 heterocycles. The van der Waals surface area contributed by atoms with E-state index in [2.05, 4.69) is 54.1 Å². The number of amides is 1. The molecule has 0 radical (unpaired) electrons. The van der Waals surface area contributed by atoms with Crippen LogP contribution in [-0.4, -0.2) is 32.3 Å². The molecule has 2 N–H and O–H groups in total. The van der Waals surface area contributed by atoms with Gasteiger partial charge >= 0.3 is 6.09 Å². The van der Waals surface area contributed by atoms with Crippen LogP contribution in [0.5, 0.6) is 0 Å². The molecule has 31 heavy (non-hydrogen) atoms. The van der Waals surface area contributed by atoms with Gasteiger partial charge in [-0.15, -0.1) is 0 Å². The van der Waals surface area contributed by atoms with E-state index in [0.717, 1.165) is 51.5 Å². The summed E-state index contributed by atoms with van der Waals surface area (Å²) >= 11 is 0. The first-order valence-corrected chi connectivity index (χ1v) is 10.5. The number of imidazole rings is 1. The maximum atomic E-state index is 11.1. The van der Waals surface area contributed by atoms with Crippen molar-refractivity contribution in [3.8, 4) is 5.69 Å². The van der Waals surface area contributed by atoms with Gasteiger partial charge < -0.3 is 10.4 Å². The van der Waals surface area contributed by atoms with Crippen molar-refractivity contribution in [2.45, 2.75) is 33.1 Å². The van der Waals surface area contributed by atoms with Crippen molar-refractivity contribution in [2.24, 2.45) is 0 Å². The van der Waals surface area contributed by atoms with Crippen LogP contribution >= 0.6 is 0 Å². The molecule has 0 bridgehead atoms. The molecule has 4 rings (SSSR count). The molecule has 2 aromatic carbocycles. The first-order chi connectivity index (χ1) is 15.0. The average molecular weight is 415 g/mol. The van der Waals surface area contributed by atoms with E-state index in [0.29, 0.717) is 6.54 Å². The molecule has 0 saturated heterocycles. The van der Waals surface area contributed by atoms with Gasteiger partial charge in [0.1, 0.15) is 11.3 Å². The van der Waals surface area contributed by atoms with Crippen LogP contribution in [0, 0.1) is 13.8 Å². The maximum Gasteiger partial charge on any atom is 0.404 e. The number of carboxylic acid groups (broad SMARTS) is 1. The summed E-state index contributed by atoms with van der Waals surface area (Å²) in [6, 6.07) is 20.3. The van der Waals surface area contributed by atoms with Crippen LogP contribution in [0.1, 0.15) is 41.1 Å². The molecule has 1 amide bonds. The fraction of sp³-hybridized carbons (Fsp3) is 0.240. The number of fused-ring (bicyclic) bond motifs is 1. The summed E-state index contributed by atoms with van der Waals surface area (Å²) in [6.07, 6.45) is -0.224. The van der Waals surface area contributed by atoms with Gasteiger partial charge in [-0.1, -0.05) is 49.4 Å². The maximum absolute atomic E-state index is 11.1. The van der Waals surface area contributed by atoms with Gasteiger partial charge in [0.05, 0.1) is 0 Å². The summed E-state index contributed by atoms with van der Waals surface area (Å²) in [7, 11) is 0. The second-order valence-corrected chi connectivity index (χ2v) is 7.71. The molecule has 1 atom stereocenters. The van der Waals surface area contributed by atoms with Crippen LogP contribution in [0.4, 0.5) is 4.79 Å². The molecule has 0 fully saturated rings. The van der Waals surface area contributed by atoms with E-state index in [-0.39, 0.29) is 5.92 Å². The van der Waals surface area contributed by atoms with Crippen LogP contribution in [-0.2, 0) is 6.42 Å². The monoisotopic (exact) mass is 414 g/mol. The average Bonchev–Trinajstić information content (AvgIpc) is 3.14. The van der Waals surface area contributed by atoms with Gasteiger partial charge in [-0.05, 0) is 48.7 Å². The molecular weight excluding hydrogens is 388 g/mol. The van der Waals surface area contributed by atoms with Crippen molar-refractivity contribution in [2.75, 3.05) is 6.54 Å². The van der Waals surface area contributed by atoms with Gasteiger partial charge in [-0.3, -0.25) is 4.57 Å². The second-order valence-electron chi connectivity index (χ2n) is 7.71. The third-order valence-electron chi connectivity index (χ3n) is 5.53. The van der Waals surface area contributed by atoms with Gasteiger partial charge in [0.2, 0.25) is 0 Å². The van der Waals surface area contributed by atoms with Crippen molar-refractivity contribution < 1.29 is 9.90 Å². The molecular formula is C25H26N4O2. The highest BCUT2D eigenvalue weighted by Crippen LogP contribution is 2.28. The molecule has 0 spiro atoms. The predicted octanol–water partition coefficient (Wildman–Crippen LogP) is 5.00. The lowest BCUT2D eigenvalue weighted by atomic mass is 9.91. The Morgan fingerprint density at radius 3 is 2.35 bits per heavy atom. The van der Waals surface area contributed by atoms with Gasteiger partial charge in [0.25, 0.3) is 0 Å². The Labute approximate surface area is 181 Å². The molecule has 6 heteroatoms. The van der Waals surface area contributed by atoms with Crippen molar-refractivity contribution in [1.82, 2.24) is 19.9 Å². The van der Waals surface area contributed by atoms with Gasteiger partial charge in [0, 0.05) is 30.3 Å². The summed E-state index contributed by atoms with van der Waals surface area (Å²) in [4.78, 5) is 20.7. The van der Waals surface area contributed by atoms with E-state index in [1.165, 1.54) is 0 Å². The number of hydrogen-bond donors (Lipinski definition) is 2. The van der Waals surface area contributed by atoms with Crippen LogP contribution in [0.25, 0.3) is 16.9 Å². The Bertz CT molecular complexity index is 1210. The van der Waals surface area contributed by atoms with E-state index >= 15 is 0 Å². The van der Waals surface area contributed by atoms with E-state index in [9.17, 15) is 4.79 Å². The van der Waals surface area contributed by atoms with E-state index < -0.39 is 6.09 Å². The third-order valence-corrected chi connectivity index (χ3v) is 5.53. The first-order valence-electron chi connectivity index (χ1n) is 10.5. The molecule has 0 aliphatic heterocycles. The SMILES string of the molecule is CCc1nc2c(C)cc(C)nc2n1-c1ccc(C(CNC(=O)O)c2ccccc2)cc1. The minimum Gasteiger partial charge on any atom is -0.465 e. The Hall–Kier alpha value is -3.67. The Morgan fingerprint density at radius 2 is 1.71 bits per heavy atom. The lowest BCUT2D eigenvalue weighted by molar-refractivity contribution is 0.194. The lowest BCUT2D eigenvalue weighted by Crippen LogP contribution is -2.27. The first kappa shape index (κ1) is 20.6. The van der Waals surface area contributed by atoms with Crippen LogP contribution < -0.4 is 5.32 Å². The quantitative estimate of drug-likeness (QED) is 0.465. The van der Waals surface area contributed by atoms with E-state index in [1.807, 2.05) is 37.3 Å². The topological polar surface area (TPSA) is 80.0 Å². The fourth-order valence-corrected chi connectivity index (χ4v) is 4.07. The summed E-state index contributed by atoms with van der Waals surface area (Å²) in [5, 5.41) is 11.6. The lowest BCUT2D eigenvalue weighted by Gasteiger charge is -2.19. The summed E-state index contributed by atoms with van der Waals surface area (Å²) in [6.45, 7) is 6.47.